The van der Waals surface area contributed by atoms with Gasteiger partial charge in [0.15, 0.2) is 6.61 Å². The Balaban J connectivity index is 0. The molecule has 0 aliphatic carbocycles. The summed E-state index contributed by atoms with van der Waals surface area (Å²) in [5.41, 5.74) is 11.6. The van der Waals surface area contributed by atoms with Crippen molar-refractivity contribution in [3.8, 4) is 17.2 Å². The molecule has 3 rings (SSSR count). The van der Waals surface area contributed by atoms with Crippen molar-refractivity contribution < 1.29 is 71.5 Å². The number of hydrogen-bond donors (Lipinski definition) is 4. The minimum Gasteiger partial charge on any atom is -0.693 e. The second-order valence-electron chi connectivity index (χ2n) is 8.37. The first-order valence-corrected chi connectivity index (χ1v) is 12.6. The molecule has 233 valence electrons. The molecular weight excluding hydrogens is 633 g/mol. The van der Waals surface area contributed by atoms with Gasteiger partial charge in [0.1, 0.15) is 23.0 Å². The molecular formula is C30H41N4O8Y-. The maximum atomic E-state index is 12.4. The SMILES string of the molecule is CN.CN.COc1ccc(C(c2ccc(OCC(=O)O)cc2)N(CC(C)=O)Cc2ccc(C(=O)O)cc2)c(OC)c1.[NH2-].[Y]. The van der Waals surface area contributed by atoms with E-state index in [4.69, 9.17) is 19.3 Å². The van der Waals surface area contributed by atoms with Gasteiger partial charge in [-0.25, -0.2) is 9.59 Å². The topological polar surface area (TPSA) is 208 Å². The maximum Gasteiger partial charge on any atom is 0.341 e. The number of methoxy groups -OCH3 is 2. The summed E-state index contributed by atoms with van der Waals surface area (Å²) >= 11 is 0. The Hall–Kier alpha value is -3.39. The average molecular weight is 675 g/mol. The van der Waals surface area contributed by atoms with Crippen molar-refractivity contribution in [1.29, 1.82) is 0 Å². The Labute approximate surface area is 277 Å². The molecule has 0 spiro atoms. The fourth-order valence-corrected chi connectivity index (χ4v) is 4.03. The third-order valence-electron chi connectivity index (χ3n) is 5.67. The summed E-state index contributed by atoms with van der Waals surface area (Å²) in [7, 11) is 6.11. The molecule has 0 aliphatic rings. The van der Waals surface area contributed by atoms with Crippen LogP contribution < -0.4 is 25.7 Å². The van der Waals surface area contributed by atoms with Gasteiger partial charge in [-0.15, -0.1) is 0 Å². The summed E-state index contributed by atoms with van der Waals surface area (Å²) in [6.07, 6.45) is 0. The molecule has 1 atom stereocenters. The minimum absolute atomic E-state index is 0. The number of benzene rings is 3. The molecule has 0 aromatic heterocycles. The number of rotatable bonds is 13. The molecule has 0 saturated heterocycles. The van der Waals surface area contributed by atoms with Crippen LogP contribution in [0.25, 0.3) is 6.15 Å². The van der Waals surface area contributed by atoms with E-state index in [1.54, 1.807) is 44.6 Å². The van der Waals surface area contributed by atoms with Crippen molar-refractivity contribution in [2.75, 3.05) is 41.5 Å². The number of Topliss-reactive ketones (excluding diaryl/α,β-unsaturated/α-hetero) is 1. The molecule has 0 aliphatic heterocycles. The van der Waals surface area contributed by atoms with E-state index in [0.29, 0.717) is 23.8 Å². The van der Waals surface area contributed by atoms with Crippen LogP contribution in [0.1, 0.15) is 40.0 Å². The van der Waals surface area contributed by atoms with Gasteiger partial charge < -0.3 is 42.0 Å². The largest absolute Gasteiger partial charge is 0.693 e. The number of carboxylic acids is 2. The van der Waals surface area contributed by atoms with Crippen molar-refractivity contribution in [1.82, 2.24) is 4.90 Å². The van der Waals surface area contributed by atoms with Crippen molar-refractivity contribution in [3.63, 3.8) is 0 Å². The predicted molar refractivity (Wildman–Crippen MR) is 161 cm³/mol. The number of carbonyl (C=O) groups is 3. The molecule has 43 heavy (non-hydrogen) atoms. The predicted octanol–water partition coefficient (Wildman–Crippen LogP) is 3.91. The fraction of sp³-hybridized carbons (Fsp3) is 0.300. The zero-order chi connectivity index (χ0) is 30.9. The van der Waals surface area contributed by atoms with Gasteiger partial charge >= 0.3 is 11.9 Å². The van der Waals surface area contributed by atoms with Crippen molar-refractivity contribution in [2.45, 2.75) is 19.5 Å². The summed E-state index contributed by atoms with van der Waals surface area (Å²) in [6, 6.07) is 18.5. The minimum atomic E-state index is -1.08. The third kappa shape index (κ3) is 13.2. The van der Waals surface area contributed by atoms with Crippen LogP contribution >= 0.6 is 0 Å². The van der Waals surface area contributed by atoms with E-state index in [1.807, 2.05) is 29.2 Å². The number of ether oxygens (including phenoxy) is 3. The van der Waals surface area contributed by atoms with Crippen LogP contribution in [-0.2, 0) is 48.8 Å². The number of ketones is 1. The molecule has 0 amide bonds. The zero-order valence-corrected chi connectivity index (χ0v) is 28.0. The summed E-state index contributed by atoms with van der Waals surface area (Å²) in [4.78, 5) is 36.5. The Morgan fingerprint density at radius 3 is 1.86 bits per heavy atom. The van der Waals surface area contributed by atoms with Crippen molar-refractivity contribution in [3.05, 3.63) is 95.1 Å². The molecule has 0 saturated carbocycles. The normalized spacial score (nSPS) is 10.2. The molecule has 1 unspecified atom stereocenters. The summed E-state index contributed by atoms with van der Waals surface area (Å²) in [5.74, 6) is -0.579. The van der Waals surface area contributed by atoms with Gasteiger partial charge in [0.05, 0.1) is 32.4 Å². The summed E-state index contributed by atoms with van der Waals surface area (Å²) in [5, 5.41) is 18.1. The van der Waals surface area contributed by atoms with Crippen molar-refractivity contribution in [2.24, 2.45) is 11.5 Å². The van der Waals surface area contributed by atoms with E-state index >= 15 is 0 Å². The van der Waals surface area contributed by atoms with E-state index in [0.717, 1.165) is 16.7 Å². The van der Waals surface area contributed by atoms with Gasteiger partial charge in [0.2, 0.25) is 0 Å². The number of nitrogens with zero attached hydrogens (tertiary/aromatic N) is 1. The van der Waals surface area contributed by atoms with Crippen molar-refractivity contribution >= 4 is 17.7 Å². The number of nitrogens with two attached hydrogens (primary N) is 3. The number of aromatic carboxylic acids is 1. The van der Waals surface area contributed by atoms with E-state index in [2.05, 4.69) is 11.5 Å². The van der Waals surface area contributed by atoms with E-state index in [9.17, 15) is 19.5 Å². The molecule has 8 N–H and O–H groups in total. The van der Waals surface area contributed by atoms with Gasteiger partial charge in [-0.3, -0.25) is 9.69 Å². The average Bonchev–Trinajstić information content (AvgIpc) is 2.99. The molecule has 3 aromatic rings. The summed E-state index contributed by atoms with van der Waals surface area (Å²) < 4.78 is 16.3. The van der Waals surface area contributed by atoms with E-state index in [-0.39, 0.29) is 56.8 Å². The zero-order valence-electron chi connectivity index (χ0n) is 25.2. The van der Waals surface area contributed by atoms with Crippen LogP contribution in [-0.4, -0.2) is 74.3 Å². The number of hydrogen-bond acceptors (Lipinski definition) is 9. The quantitative estimate of drug-likeness (QED) is 0.204. The van der Waals surface area contributed by atoms with Crippen LogP contribution in [0.2, 0.25) is 0 Å². The summed E-state index contributed by atoms with van der Waals surface area (Å²) in [6.45, 7) is 1.50. The van der Waals surface area contributed by atoms with Crippen LogP contribution in [0.3, 0.4) is 0 Å². The first-order chi connectivity index (χ1) is 19.7. The van der Waals surface area contributed by atoms with E-state index in [1.165, 1.54) is 33.2 Å². The molecule has 13 heteroatoms. The van der Waals surface area contributed by atoms with Crippen LogP contribution in [0.5, 0.6) is 17.2 Å². The second-order valence-corrected chi connectivity index (χ2v) is 8.37. The Morgan fingerprint density at radius 1 is 0.837 bits per heavy atom. The van der Waals surface area contributed by atoms with Gasteiger partial charge in [0, 0.05) is 50.9 Å². The molecule has 12 nitrogen and oxygen atoms in total. The number of carbonyl (C=O) groups excluding carboxylic acids is 1. The Bertz CT molecular complexity index is 1260. The Morgan fingerprint density at radius 2 is 1.40 bits per heavy atom. The maximum absolute atomic E-state index is 12.4. The molecule has 0 bridgehead atoms. The van der Waals surface area contributed by atoms with Gasteiger partial charge in [-0.2, -0.15) is 0 Å². The third-order valence-corrected chi connectivity index (χ3v) is 5.67. The fourth-order valence-electron chi connectivity index (χ4n) is 4.03. The van der Waals surface area contributed by atoms with E-state index < -0.39 is 24.6 Å². The molecule has 3 aromatic carbocycles. The molecule has 1 radical (unpaired) electrons. The molecule has 0 heterocycles. The van der Waals surface area contributed by atoms with Gasteiger partial charge in [0.25, 0.3) is 0 Å². The smallest absolute Gasteiger partial charge is 0.341 e. The van der Waals surface area contributed by atoms with Gasteiger partial charge in [-0.05, 0) is 68.5 Å². The standard InChI is InChI=1S/C28H29NO8.2CH5N.H2N.Y/c1-18(30)15-29(16-19-4-6-21(7-5-19)28(33)34)27(24-13-12-23(35-2)14-25(24)36-3)20-8-10-22(11-9-20)37-17-26(31)32;2*1-2;;/h4-14,27H,15-17H2,1-3H3,(H,31,32)(H,33,34);2*2H2,1H3;1H2;/q;;;-1;. The number of carboxylic acid groups (broad SMARTS) is 2. The van der Waals surface area contributed by atoms with Crippen LogP contribution in [0.15, 0.2) is 66.7 Å². The van der Waals surface area contributed by atoms with Crippen LogP contribution in [0, 0.1) is 0 Å². The molecule has 0 fully saturated rings. The Kier molecular flexibility index (Phi) is 21.5. The first kappa shape index (κ1) is 41.7. The van der Waals surface area contributed by atoms with Gasteiger partial charge in [-0.1, -0.05) is 24.3 Å². The monoisotopic (exact) mass is 674 g/mol. The number of aliphatic carboxylic acids is 1. The second kappa shape index (κ2) is 22.2. The first-order valence-electron chi connectivity index (χ1n) is 12.6. The van der Waals surface area contributed by atoms with Crippen LogP contribution in [0.4, 0.5) is 0 Å².